The highest BCUT2D eigenvalue weighted by molar-refractivity contribution is 5.22. The molecule has 2 aliphatic carbocycles. The molecule has 0 aromatic heterocycles. The largest absolute Gasteiger partial charge is 0.198 e. The minimum atomic E-state index is -0.0324. The summed E-state index contributed by atoms with van der Waals surface area (Å²) in [7, 11) is 0. The Morgan fingerprint density at radius 1 is 1.00 bits per heavy atom. The normalized spacial score (nSPS) is 45.3. The maximum absolute atomic E-state index is 8.75. The van der Waals surface area contributed by atoms with Crippen LogP contribution in [0.25, 0.3) is 0 Å². The third kappa shape index (κ3) is 0.700. The van der Waals surface area contributed by atoms with Crippen molar-refractivity contribution in [3.8, 4) is 12.1 Å². The maximum atomic E-state index is 8.75. The van der Waals surface area contributed by atoms with Crippen LogP contribution in [-0.4, -0.2) is 0 Å². The minimum absolute atomic E-state index is 0.0324. The van der Waals surface area contributed by atoms with Crippen molar-refractivity contribution in [2.75, 3.05) is 0 Å². The molecule has 0 saturated heterocycles. The molecule has 1 saturated carbocycles. The highest BCUT2D eigenvalue weighted by Crippen LogP contribution is 2.47. The molecule has 2 rings (SSSR count). The number of hydrogen-bond donors (Lipinski definition) is 0. The Labute approximate surface area is 65.7 Å². The Morgan fingerprint density at radius 2 is 1.45 bits per heavy atom. The fraction of sp³-hybridized carbons (Fsp3) is 0.556. The van der Waals surface area contributed by atoms with Crippen LogP contribution in [0.4, 0.5) is 0 Å². The zero-order valence-electron chi connectivity index (χ0n) is 6.07. The van der Waals surface area contributed by atoms with E-state index in [4.69, 9.17) is 10.5 Å². The lowest BCUT2D eigenvalue weighted by atomic mass is 9.85. The van der Waals surface area contributed by atoms with Crippen LogP contribution in [0.1, 0.15) is 6.42 Å². The van der Waals surface area contributed by atoms with E-state index < -0.39 is 0 Å². The molecule has 0 aromatic rings. The van der Waals surface area contributed by atoms with Crippen LogP contribution in [0.3, 0.4) is 0 Å². The van der Waals surface area contributed by atoms with Crippen LogP contribution >= 0.6 is 0 Å². The molecule has 0 unspecified atom stereocenters. The number of nitrogens with zero attached hydrogens (tertiary/aromatic N) is 2. The summed E-state index contributed by atoms with van der Waals surface area (Å²) >= 11 is 0. The molecule has 0 aromatic carbocycles. The van der Waals surface area contributed by atoms with Gasteiger partial charge in [-0.15, -0.1) is 0 Å². The first-order chi connectivity index (χ1) is 5.36. The van der Waals surface area contributed by atoms with Gasteiger partial charge in [0.25, 0.3) is 0 Å². The standard InChI is InChI=1S/C9H8N2/c10-4-8-6-1-2-7(3-6)9(8)5-11/h1-2,6-9H,3H2/t6-,7-,8-,9+/m1/s1. The van der Waals surface area contributed by atoms with Crippen LogP contribution in [0.15, 0.2) is 12.2 Å². The van der Waals surface area contributed by atoms with Gasteiger partial charge in [0.05, 0.1) is 24.0 Å². The van der Waals surface area contributed by atoms with Crippen molar-refractivity contribution in [3.05, 3.63) is 12.2 Å². The van der Waals surface area contributed by atoms with E-state index in [2.05, 4.69) is 24.3 Å². The van der Waals surface area contributed by atoms with Crippen molar-refractivity contribution in [2.24, 2.45) is 23.7 Å². The lowest BCUT2D eigenvalue weighted by Gasteiger charge is -2.14. The van der Waals surface area contributed by atoms with Crippen molar-refractivity contribution in [3.63, 3.8) is 0 Å². The number of hydrogen-bond acceptors (Lipinski definition) is 2. The Morgan fingerprint density at radius 3 is 1.82 bits per heavy atom. The van der Waals surface area contributed by atoms with Crippen LogP contribution in [-0.2, 0) is 0 Å². The lowest BCUT2D eigenvalue weighted by Crippen LogP contribution is -2.15. The smallest absolute Gasteiger partial charge is 0.0690 e. The van der Waals surface area contributed by atoms with Gasteiger partial charge in [-0.25, -0.2) is 0 Å². The molecule has 0 heterocycles. The van der Waals surface area contributed by atoms with E-state index in [9.17, 15) is 0 Å². The van der Waals surface area contributed by atoms with Gasteiger partial charge >= 0.3 is 0 Å². The molecule has 0 spiro atoms. The van der Waals surface area contributed by atoms with Crippen LogP contribution in [0, 0.1) is 46.3 Å². The van der Waals surface area contributed by atoms with Gasteiger partial charge < -0.3 is 0 Å². The van der Waals surface area contributed by atoms with E-state index in [1.54, 1.807) is 0 Å². The molecule has 4 atom stereocenters. The highest BCUT2D eigenvalue weighted by atomic mass is 14.5. The zero-order valence-corrected chi connectivity index (χ0v) is 6.07. The molecule has 0 radical (unpaired) electrons. The number of nitriles is 2. The second-order valence-corrected chi connectivity index (χ2v) is 3.26. The molecule has 0 N–H and O–H groups in total. The van der Waals surface area contributed by atoms with E-state index in [0.29, 0.717) is 11.8 Å². The third-order valence-electron chi connectivity index (χ3n) is 2.76. The highest BCUT2D eigenvalue weighted by Gasteiger charge is 2.44. The molecule has 2 nitrogen and oxygen atoms in total. The molecule has 54 valence electrons. The lowest BCUT2D eigenvalue weighted by molar-refractivity contribution is 0.468. The average molecular weight is 144 g/mol. The quantitative estimate of drug-likeness (QED) is 0.483. The minimum Gasteiger partial charge on any atom is -0.198 e. The van der Waals surface area contributed by atoms with Gasteiger partial charge in [0, 0.05) is 0 Å². The van der Waals surface area contributed by atoms with E-state index in [0.717, 1.165) is 6.42 Å². The summed E-state index contributed by atoms with van der Waals surface area (Å²) in [6.45, 7) is 0. The average Bonchev–Trinajstić information content (AvgIpc) is 2.60. The van der Waals surface area contributed by atoms with Gasteiger partial charge in [0.1, 0.15) is 0 Å². The van der Waals surface area contributed by atoms with Crippen molar-refractivity contribution < 1.29 is 0 Å². The van der Waals surface area contributed by atoms with E-state index in [1.807, 2.05) is 0 Å². The molecule has 0 amide bonds. The fourth-order valence-electron chi connectivity index (χ4n) is 2.17. The molecule has 0 aliphatic heterocycles. The number of allylic oxidation sites excluding steroid dienone is 2. The summed E-state index contributed by atoms with van der Waals surface area (Å²) in [4.78, 5) is 0. The predicted molar refractivity (Wildman–Crippen MR) is 38.9 cm³/mol. The summed E-state index contributed by atoms with van der Waals surface area (Å²) in [5, 5.41) is 17.5. The second kappa shape index (κ2) is 2.10. The number of rotatable bonds is 0. The van der Waals surface area contributed by atoms with Gasteiger partial charge in [0.15, 0.2) is 0 Å². The molecule has 2 heteroatoms. The van der Waals surface area contributed by atoms with Gasteiger partial charge in [-0.05, 0) is 18.3 Å². The van der Waals surface area contributed by atoms with Gasteiger partial charge in [0.2, 0.25) is 0 Å². The molecule has 2 aliphatic rings. The summed E-state index contributed by atoms with van der Waals surface area (Å²) in [5.41, 5.74) is 0. The van der Waals surface area contributed by atoms with Crippen LogP contribution < -0.4 is 0 Å². The molecule has 2 bridgehead atoms. The van der Waals surface area contributed by atoms with E-state index >= 15 is 0 Å². The second-order valence-electron chi connectivity index (χ2n) is 3.26. The third-order valence-corrected chi connectivity index (χ3v) is 2.76. The summed E-state index contributed by atoms with van der Waals surface area (Å²) < 4.78 is 0. The first kappa shape index (κ1) is 6.43. The van der Waals surface area contributed by atoms with Gasteiger partial charge in [-0.1, -0.05) is 12.2 Å². The van der Waals surface area contributed by atoms with Crippen molar-refractivity contribution in [2.45, 2.75) is 6.42 Å². The molecular weight excluding hydrogens is 136 g/mol. The van der Waals surface area contributed by atoms with E-state index in [1.165, 1.54) is 0 Å². The molecule has 1 fully saturated rings. The summed E-state index contributed by atoms with van der Waals surface area (Å²) in [6.07, 6.45) is 5.20. The topological polar surface area (TPSA) is 47.6 Å². The molecular formula is C9H8N2. The summed E-state index contributed by atoms with van der Waals surface area (Å²) in [5.74, 6) is 0.675. The Hall–Kier alpha value is -1.28. The van der Waals surface area contributed by atoms with Crippen molar-refractivity contribution in [1.29, 1.82) is 10.5 Å². The number of fused-ring (bicyclic) bond motifs is 2. The maximum Gasteiger partial charge on any atom is 0.0690 e. The Bertz CT molecular complexity index is 251. The first-order valence-corrected chi connectivity index (χ1v) is 3.84. The predicted octanol–water partition coefficient (Wildman–Crippen LogP) is 1.47. The van der Waals surface area contributed by atoms with Gasteiger partial charge in [-0.2, -0.15) is 10.5 Å². The SMILES string of the molecule is N#C[C@@H]1[C@H](C#N)[C@@H]2C=C[C@@H]1C2. The van der Waals surface area contributed by atoms with Crippen LogP contribution in [0.5, 0.6) is 0 Å². The van der Waals surface area contributed by atoms with Gasteiger partial charge in [-0.3, -0.25) is 0 Å². The Balaban J connectivity index is 2.32. The molecule has 11 heavy (non-hydrogen) atoms. The summed E-state index contributed by atoms with van der Waals surface area (Å²) in [6, 6.07) is 4.45. The fourth-order valence-corrected chi connectivity index (χ4v) is 2.17. The first-order valence-electron chi connectivity index (χ1n) is 3.84. The zero-order chi connectivity index (χ0) is 7.84. The van der Waals surface area contributed by atoms with Crippen molar-refractivity contribution in [1.82, 2.24) is 0 Å². The van der Waals surface area contributed by atoms with E-state index in [-0.39, 0.29) is 11.8 Å². The monoisotopic (exact) mass is 144 g/mol. The van der Waals surface area contributed by atoms with Crippen molar-refractivity contribution >= 4 is 0 Å². The Kier molecular flexibility index (Phi) is 1.23. The van der Waals surface area contributed by atoms with Crippen LogP contribution in [0.2, 0.25) is 0 Å².